The first kappa shape index (κ1) is 21.4. The zero-order valence-electron chi connectivity index (χ0n) is 17.1. The van der Waals surface area contributed by atoms with E-state index in [9.17, 15) is 18.8 Å². The smallest absolute Gasteiger partial charge is 0.325 e. The third-order valence-electron chi connectivity index (χ3n) is 5.01. The molecule has 0 saturated carbocycles. The number of benzene rings is 2. The number of aryl methyl sites for hydroxylation is 2. The Morgan fingerprint density at radius 1 is 1.00 bits per heavy atom. The Bertz CT molecular complexity index is 955. The molecule has 0 spiro atoms. The minimum Gasteiger partial charge on any atom is -0.336 e. The van der Waals surface area contributed by atoms with Crippen LogP contribution in [0, 0.1) is 19.7 Å². The van der Waals surface area contributed by atoms with Gasteiger partial charge in [-0.1, -0.05) is 29.8 Å². The summed E-state index contributed by atoms with van der Waals surface area (Å²) in [7, 11) is 0. The van der Waals surface area contributed by atoms with Crippen molar-refractivity contribution < 1.29 is 18.8 Å². The number of hydrogen-bond acceptors (Lipinski definition) is 4. The standard InChI is InChI=1S/C22H25FN4O3/c1-15-7-8-19(16(2)13-15)24-22(30)25-20(28)14-26-9-11-27(12-10-26)21(29)17-5-3-4-6-18(17)23/h3-8,13H,9-12,14H2,1-2H3,(H2,24,25,28,30). The summed E-state index contributed by atoms with van der Waals surface area (Å²) in [6, 6.07) is 10.9. The monoisotopic (exact) mass is 412 g/mol. The topological polar surface area (TPSA) is 81.8 Å². The molecular formula is C22H25FN4O3. The fraction of sp³-hybridized carbons (Fsp3) is 0.318. The first-order valence-corrected chi connectivity index (χ1v) is 9.78. The lowest BCUT2D eigenvalue weighted by molar-refractivity contribution is -0.121. The van der Waals surface area contributed by atoms with Crippen molar-refractivity contribution in [1.29, 1.82) is 0 Å². The Kier molecular flexibility index (Phi) is 6.79. The number of halogens is 1. The number of nitrogens with one attached hydrogen (secondary N) is 2. The molecule has 0 radical (unpaired) electrons. The predicted octanol–water partition coefficient (Wildman–Crippen LogP) is 2.55. The van der Waals surface area contributed by atoms with E-state index in [1.54, 1.807) is 23.1 Å². The summed E-state index contributed by atoms with van der Waals surface area (Å²) in [5.41, 5.74) is 2.69. The van der Waals surface area contributed by atoms with Crippen LogP contribution in [0.1, 0.15) is 21.5 Å². The Labute approximate surface area is 174 Å². The Morgan fingerprint density at radius 2 is 1.70 bits per heavy atom. The lowest BCUT2D eigenvalue weighted by Crippen LogP contribution is -2.52. The molecule has 0 bridgehead atoms. The van der Waals surface area contributed by atoms with Crippen molar-refractivity contribution in [2.24, 2.45) is 0 Å². The molecule has 3 rings (SSSR count). The summed E-state index contributed by atoms with van der Waals surface area (Å²) >= 11 is 0. The molecule has 2 aromatic rings. The van der Waals surface area contributed by atoms with Crippen molar-refractivity contribution in [3.63, 3.8) is 0 Å². The molecule has 4 amide bonds. The van der Waals surface area contributed by atoms with Crippen molar-refractivity contribution in [3.8, 4) is 0 Å². The van der Waals surface area contributed by atoms with E-state index in [2.05, 4.69) is 10.6 Å². The molecule has 0 aromatic heterocycles. The molecule has 0 aliphatic carbocycles. The van der Waals surface area contributed by atoms with Crippen LogP contribution in [0.4, 0.5) is 14.9 Å². The third kappa shape index (κ3) is 5.42. The molecular weight excluding hydrogens is 387 g/mol. The number of piperazine rings is 1. The number of carbonyl (C=O) groups is 3. The molecule has 1 heterocycles. The van der Waals surface area contributed by atoms with Crippen molar-refractivity contribution >= 4 is 23.5 Å². The van der Waals surface area contributed by atoms with Gasteiger partial charge in [0.05, 0.1) is 12.1 Å². The Morgan fingerprint density at radius 3 is 2.37 bits per heavy atom. The van der Waals surface area contributed by atoms with Gasteiger partial charge in [-0.25, -0.2) is 9.18 Å². The normalized spacial score (nSPS) is 14.3. The molecule has 1 saturated heterocycles. The van der Waals surface area contributed by atoms with E-state index in [4.69, 9.17) is 0 Å². The van der Waals surface area contributed by atoms with E-state index < -0.39 is 17.8 Å². The second kappa shape index (κ2) is 9.49. The van der Waals surface area contributed by atoms with Gasteiger partial charge in [-0.05, 0) is 37.6 Å². The molecule has 30 heavy (non-hydrogen) atoms. The maximum atomic E-state index is 13.8. The maximum Gasteiger partial charge on any atom is 0.325 e. The van der Waals surface area contributed by atoms with E-state index in [0.29, 0.717) is 31.9 Å². The Hall–Kier alpha value is -3.26. The number of rotatable bonds is 4. The first-order chi connectivity index (χ1) is 14.3. The highest BCUT2D eigenvalue weighted by Crippen LogP contribution is 2.16. The molecule has 8 heteroatoms. The fourth-order valence-electron chi connectivity index (χ4n) is 3.39. The van der Waals surface area contributed by atoms with E-state index in [1.807, 2.05) is 30.9 Å². The van der Waals surface area contributed by atoms with Crippen molar-refractivity contribution in [1.82, 2.24) is 15.1 Å². The number of urea groups is 1. The van der Waals surface area contributed by atoms with Gasteiger partial charge in [0, 0.05) is 31.9 Å². The zero-order valence-corrected chi connectivity index (χ0v) is 17.1. The van der Waals surface area contributed by atoms with Gasteiger partial charge in [-0.15, -0.1) is 0 Å². The summed E-state index contributed by atoms with van der Waals surface area (Å²) in [6.45, 7) is 5.58. The predicted molar refractivity (Wildman–Crippen MR) is 112 cm³/mol. The molecule has 0 atom stereocenters. The number of imide groups is 1. The summed E-state index contributed by atoms with van der Waals surface area (Å²) in [5.74, 6) is -1.32. The molecule has 7 nitrogen and oxygen atoms in total. The summed E-state index contributed by atoms with van der Waals surface area (Å²) < 4.78 is 13.8. The van der Waals surface area contributed by atoms with Crippen LogP contribution in [0.15, 0.2) is 42.5 Å². The molecule has 1 aliphatic heterocycles. The maximum absolute atomic E-state index is 13.8. The number of anilines is 1. The van der Waals surface area contributed by atoms with Gasteiger partial charge in [0.2, 0.25) is 5.91 Å². The van der Waals surface area contributed by atoms with E-state index in [-0.39, 0.29) is 18.0 Å². The highest BCUT2D eigenvalue weighted by molar-refractivity contribution is 6.02. The van der Waals surface area contributed by atoms with Gasteiger partial charge < -0.3 is 10.2 Å². The minimum absolute atomic E-state index is 0.0437. The van der Waals surface area contributed by atoms with Crippen LogP contribution in [-0.4, -0.2) is 60.4 Å². The summed E-state index contributed by atoms with van der Waals surface area (Å²) in [4.78, 5) is 40.1. The minimum atomic E-state index is -0.583. The largest absolute Gasteiger partial charge is 0.336 e. The van der Waals surface area contributed by atoms with Gasteiger partial charge in [0.25, 0.3) is 5.91 Å². The van der Waals surface area contributed by atoms with Crippen LogP contribution in [0.2, 0.25) is 0 Å². The average molecular weight is 412 g/mol. The number of nitrogens with zero attached hydrogens (tertiary/aromatic N) is 2. The van der Waals surface area contributed by atoms with Crippen LogP contribution in [-0.2, 0) is 4.79 Å². The molecule has 1 aliphatic rings. The van der Waals surface area contributed by atoms with Crippen LogP contribution in [0.25, 0.3) is 0 Å². The lowest BCUT2D eigenvalue weighted by atomic mass is 10.1. The third-order valence-corrected chi connectivity index (χ3v) is 5.01. The molecule has 1 fully saturated rings. The van der Waals surface area contributed by atoms with E-state index >= 15 is 0 Å². The zero-order chi connectivity index (χ0) is 21.7. The second-order valence-electron chi connectivity index (χ2n) is 7.37. The quantitative estimate of drug-likeness (QED) is 0.809. The highest BCUT2D eigenvalue weighted by atomic mass is 19.1. The van der Waals surface area contributed by atoms with E-state index in [1.165, 1.54) is 12.1 Å². The molecule has 2 N–H and O–H groups in total. The van der Waals surface area contributed by atoms with Gasteiger partial charge >= 0.3 is 6.03 Å². The Balaban J connectivity index is 1.45. The van der Waals surface area contributed by atoms with Crippen LogP contribution in [0.5, 0.6) is 0 Å². The SMILES string of the molecule is Cc1ccc(NC(=O)NC(=O)CN2CCN(C(=O)c3ccccc3F)CC2)c(C)c1. The lowest BCUT2D eigenvalue weighted by Gasteiger charge is -2.34. The molecule has 2 aromatic carbocycles. The van der Waals surface area contributed by atoms with Gasteiger partial charge in [0.15, 0.2) is 0 Å². The summed E-state index contributed by atoms with van der Waals surface area (Å²) in [6.07, 6.45) is 0. The van der Waals surface area contributed by atoms with Crippen molar-refractivity contribution in [2.75, 3.05) is 38.0 Å². The van der Waals surface area contributed by atoms with Crippen LogP contribution < -0.4 is 10.6 Å². The van der Waals surface area contributed by atoms with Gasteiger partial charge in [-0.3, -0.25) is 19.8 Å². The second-order valence-corrected chi connectivity index (χ2v) is 7.37. The van der Waals surface area contributed by atoms with Crippen molar-refractivity contribution in [3.05, 3.63) is 65.0 Å². The van der Waals surface area contributed by atoms with Gasteiger partial charge in [0.1, 0.15) is 5.82 Å². The van der Waals surface area contributed by atoms with Crippen LogP contribution in [0.3, 0.4) is 0 Å². The van der Waals surface area contributed by atoms with Gasteiger partial charge in [-0.2, -0.15) is 0 Å². The first-order valence-electron chi connectivity index (χ1n) is 9.78. The van der Waals surface area contributed by atoms with E-state index in [0.717, 1.165) is 11.1 Å². The number of carbonyl (C=O) groups excluding carboxylic acids is 3. The fourth-order valence-corrected chi connectivity index (χ4v) is 3.39. The van der Waals surface area contributed by atoms with Crippen molar-refractivity contribution in [2.45, 2.75) is 13.8 Å². The number of hydrogen-bond donors (Lipinski definition) is 2. The highest BCUT2D eigenvalue weighted by Gasteiger charge is 2.25. The molecule has 158 valence electrons. The van der Waals surface area contributed by atoms with Crippen LogP contribution >= 0.6 is 0 Å². The average Bonchev–Trinajstić information content (AvgIpc) is 2.70. The number of amides is 4. The summed E-state index contributed by atoms with van der Waals surface area (Å²) in [5, 5.41) is 5.00. The molecule has 0 unspecified atom stereocenters.